The van der Waals surface area contributed by atoms with Gasteiger partial charge in [0.2, 0.25) is 0 Å². The Bertz CT molecular complexity index is 431. The average molecular weight is 251 g/mol. The van der Waals surface area contributed by atoms with Gasteiger partial charge in [0, 0.05) is 12.6 Å². The highest BCUT2D eigenvalue weighted by molar-refractivity contribution is 5.85. The summed E-state index contributed by atoms with van der Waals surface area (Å²) >= 11 is 0. The van der Waals surface area contributed by atoms with Gasteiger partial charge in [-0.15, -0.1) is 0 Å². The first-order chi connectivity index (χ1) is 8.28. The van der Waals surface area contributed by atoms with Crippen LogP contribution in [0.25, 0.3) is 0 Å². The van der Waals surface area contributed by atoms with Crippen LogP contribution in [0.1, 0.15) is 43.2 Å². The fraction of sp³-hybridized carbons (Fsp3) is 0.462. The molecule has 98 valence electrons. The number of aromatic carboxylic acids is 1. The molecule has 1 heterocycles. The molecule has 0 amide bonds. The van der Waals surface area contributed by atoms with Crippen LogP contribution in [-0.2, 0) is 16.0 Å². The van der Waals surface area contributed by atoms with Crippen molar-refractivity contribution in [2.75, 3.05) is 0 Å². The van der Waals surface area contributed by atoms with Crippen molar-refractivity contribution in [2.45, 2.75) is 39.2 Å². The van der Waals surface area contributed by atoms with Crippen molar-refractivity contribution in [3.8, 4) is 0 Å². The van der Waals surface area contributed by atoms with E-state index in [4.69, 9.17) is 9.84 Å². The Morgan fingerprint density at radius 1 is 1.33 bits per heavy atom. The van der Waals surface area contributed by atoms with Crippen LogP contribution in [0.3, 0.4) is 0 Å². The van der Waals surface area contributed by atoms with Crippen molar-refractivity contribution in [3.05, 3.63) is 29.6 Å². The summed E-state index contributed by atoms with van der Waals surface area (Å²) < 4.78 is 5.17. The molecule has 0 unspecified atom stereocenters. The number of hydrogen-bond donors (Lipinski definition) is 1. The summed E-state index contributed by atoms with van der Waals surface area (Å²) in [6, 6.07) is 3.08. The minimum atomic E-state index is -1.06. The van der Waals surface area contributed by atoms with Crippen molar-refractivity contribution in [1.29, 1.82) is 0 Å². The highest BCUT2D eigenvalue weighted by atomic mass is 16.6. The number of nitrogens with zero attached hydrogens (tertiary/aromatic N) is 1. The lowest BCUT2D eigenvalue weighted by Gasteiger charge is -2.19. The average Bonchev–Trinajstić information content (AvgIpc) is 2.24. The Balaban J connectivity index is 2.49. The third-order valence-corrected chi connectivity index (χ3v) is 2.08. The number of aromatic nitrogens is 1. The van der Waals surface area contributed by atoms with Crippen molar-refractivity contribution in [3.63, 3.8) is 0 Å². The van der Waals surface area contributed by atoms with Gasteiger partial charge in [-0.05, 0) is 38.8 Å². The Labute approximate surface area is 106 Å². The van der Waals surface area contributed by atoms with Gasteiger partial charge in [-0.2, -0.15) is 0 Å². The van der Waals surface area contributed by atoms with Gasteiger partial charge in [0.1, 0.15) is 11.3 Å². The number of rotatable bonds is 4. The summed E-state index contributed by atoms with van der Waals surface area (Å²) in [5, 5.41) is 8.68. The number of carbonyl (C=O) groups excluding carboxylic acids is 1. The molecule has 0 fully saturated rings. The number of ether oxygens (including phenoxy) is 1. The molecule has 1 aromatic rings. The molecule has 0 atom stereocenters. The van der Waals surface area contributed by atoms with E-state index < -0.39 is 11.6 Å². The molecule has 0 saturated carbocycles. The molecule has 0 spiro atoms. The molecule has 5 heteroatoms. The second-order valence-electron chi connectivity index (χ2n) is 4.94. The van der Waals surface area contributed by atoms with E-state index in [-0.39, 0.29) is 18.1 Å². The Kier molecular flexibility index (Phi) is 4.42. The van der Waals surface area contributed by atoms with Crippen LogP contribution >= 0.6 is 0 Å². The molecular formula is C13H17NO4. The molecule has 1 rings (SSSR count). The first-order valence-corrected chi connectivity index (χ1v) is 5.68. The van der Waals surface area contributed by atoms with Crippen LogP contribution in [0.5, 0.6) is 0 Å². The lowest BCUT2D eigenvalue weighted by molar-refractivity contribution is -0.154. The summed E-state index contributed by atoms with van der Waals surface area (Å²) in [4.78, 5) is 25.8. The molecule has 0 aliphatic rings. The number of hydrogen-bond acceptors (Lipinski definition) is 4. The fourth-order valence-electron chi connectivity index (χ4n) is 1.34. The molecular weight excluding hydrogens is 234 g/mol. The van der Waals surface area contributed by atoms with Crippen LogP contribution in [0.2, 0.25) is 0 Å². The van der Waals surface area contributed by atoms with E-state index in [9.17, 15) is 9.59 Å². The highest BCUT2D eigenvalue weighted by Crippen LogP contribution is 2.10. The van der Waals surface area contributed by atoms with Gasteiger partial charge >= 0.3 is 11.9 Å². The molecule has 18 heavy (non-hydrogen) atoms. The van der Waals surface area contributed by atoms with Gasteiger partial charge in [-0.3, -0.25) is 4.79 Å². The summed E-state index contributed by atoms with van der Waals surface area (Å²) in [7, 11) is 0. The van der Waals surface area contributed by atoms with Gasteiger partial charge in [0.05, 0.1) is 0 Å². The molecule has 5 nitrogen and oxygen atoms in total. The molecule has 1 aromatic heterocycles. The number of esters is 1. The maximum atomic E-state index is 11.5. The van der Waals surface area contributed by atoms with E-state index in [0.717, 1.165) is 5.56 Å². The third-order valence-electron chi connectivity index (χ3n) is 2.08. The summed E-state index contributed by atoms with van der Waals surface area (Å²) in [6.07, 6.45) is 2.21. The lowest BCUT2D eigenvalue weighted by Crippen LogP contribution is -2.24. The topological polar surface area (TPSA) is 76.5 Å². The summed E-state index contributed by atoms with van der Waals surface area (Å²) in [6.45, 7) is 5.44. The Morgan fingerprint density at radius 3 is 2.44 bits per heavy atom. The number of carbonyl (C=O) groups is 2. The van der Waals surface area contributed by atoms with Gasteiger partial charge in [0.15, 0.2) is 0 Å². The van der Waals surface area contributed by atoms with Crippen LogP contribution in [0.4, 0.5) is 0 Å². The second-order valence-corrected chi connectivity index (χ2v) is 4.94. The van der Waals surface area contributed by atoms with Crippen molar-refractivity contribution in [1.82, 2.24) is 4.98 Å². The SMILES string of the molecule is CC(C)(C)OC(=O)CCc1ccc(C(=O)O)nc1. The Hall–Kier alpha value is -1.91. The molecule has 1 N–H and O–H groups in total. The number of carboxylic acid groups (broad SMARTS) is 1. The molecule has 0 saturated heterocycles. The number of carboxylic acids is 1. The van der Waals surface area contributed by atoms with Crippen LogP contribution in [0.15, 0.2) is 18.3 Å². The maximum Gasteiger partial charge on any atom is 0.354 e. The zero-order chi connectivity index (χ0) is 13.8. The predicted molar refractivity (Wildman–Crippen MR) is 65.4 cm³/mol. The molecule has 0 aliphatic carbocycles. The van der Waals surface area contributed by atoms with Crippen molar-refractivity contribution < 1.29 is 19.4 Å². The summed E-state index contributed by atoms with van der Waals surface area (Å²) in [5.74, 6) is -1.33. The minimum absolute atomic E-state index is 0.00369. The molecule has 0 radical (unpaired) electrons. The monoisotopic (exact) mass is 251 g/mol. The quantitative estimate of drug-likeness (QED) is 0.829. The van der Waals surface area contributed by atoms with Crippen molar-refractivity contribution in [2.24, 2.45) is 0 Å². The van der Waals surface area contributed by atoms with E-state index in [1.807, 2.05) is 20.8 Å². The molecule has 0 bridgehead atoms. The lowest BCUT2D eigenvalue weighted by atomic mass is 10.1. The van der Waals surface area contributed by atoms with E-state index in [1.54, 1.807) is 6.07 Å². The zero-order valence-corrected chi connectivity index (χ0v) is 10.8. The van der Waals surface area contributed by atoms with Crippen LogP contribution < -0.4 is 0 Å². The number of pyridine rings is 1. The molecule has 0 aromatic carbocycles. The zero-order valence-electron chi connectivity index (χ0n) is 10.8. The van der Waals surface area contributed by atoms with E-state index in [1.165, 1.54) is 12.3 Å². The van der Waals surface area contributed by atoms with Gasteiger partial charge < -0.3 is 9.84 Å². The fourth-order valence-corrected chi connectivity index (χ4v) is 1.34. The predicted octanol–water partition coefficient (Wildman–Crippen LogP) is 2.05. The van der Waals surface area contributed by atoms with Gasteiger partial charge in [0.25, 0.3) is 0 Å². The number of aryl methyl sites for hydroxylation is 1. The van der Waals surface area contributed by atoms with Gasteiger partial charge in [-0.25, -0.2) is 9.78 Å². The summed E-state index contributed by atoms with van der Waals surface area (Å²) in [5.41, 5.74) is 0.324. The van der Waals surface area contributed by atoms with Gasteiger partial charge in [-0.1, -0.05) is 6.07 Å². The highest BCUT2D eigenvalue weighted by Gasteiger charge is 2.16. The first kappa shape index (κ1) is 14.2. The normalized spacial score (nSPS) is 11.1. The minimum Gasteiger partial charge on any atom is -0.477 e. The van der Waals surface area contributed by atoms with E-state index in [2.05, 4.69) is 4.98 Å². The van der Waals surface area contributed by atoms with E-state index >= 15 is 0 Å². The van der Waals surface area contributed by atoms with Crippen molar-refractivity contribution >= 4 is 11.9 Å². The molecule has 0 aliphatic heterocycles. The van der Waals surface area contributed by atoms with Crippen LogP contribution in [-0.4, -0.2) is 27.6 Å². The smallest absolute Gasteiger partial charge is 0.354 e. The maximum absolute atomic E-state index is 11.5. The third kappa shape index (κ3) is 4.95. The second kappa shape index (κ2) is 5.62. The largest absolute Gasteiger partial charge is 0.477 e. The first-order valence-electron chi connectivity index (χ1n) is 5.68. The van der Waals surface area contributed by atoms with E-state index in [0.29, 0.717) is 6.42 Å². The Morgan fingerprint density at radius 2 is 2.00 bits per heavy atom. The van der Waals surface area contributed by atoms with Crippen LogP contribution in [0, 0.1) is 0 Å². The standard InChI is InChI=1S/C13H17NO4/c1-13(2,3)18-11(15)7-5-9-4-6-10(12(16)17)14-8-9/h4,6,8H,5,7H2,1-3H3,(H,16,17).